The monoisotopic (exact) mass is 228 g/mol. The van der Waals surface area contributed by atoms with Crippen LogP contribution in [0.5, 0.6) is 0 Å². The Hall–Kier alpha value is -1.59. The van der Waals surface area contributed by atoms with Crippen LogP contribution in [-0.2, 0) is 0 Å². The van der Waals surface area contributed by atoms with Crippen molar-refractivity contribution in [3.05, 3.63) is 42.5 Å². The van der Waals surface area contributed by atoms with Crippen molar-refractivity contribution >= 4 is 12.6 Å². The molecule has 0 amide bonds. The molecule has 0 radical (unpaired) electrons. The Morgan fingerprint density at radius 3 is 2.71 bits per heavy atom. The first-order valence-corrected chi connectivity index (χ1v) is 5.74. The predicted octanol–water partition coefficient (Wildman–Crippen LogP) is 0.429. The summed E-state index contributed by atoms with van der Waals surface area (Å²) in [4.78, 5) is 3.98. The third kappa shape index (κ3) is 1.99. The third-order valence-electron chi connectivity index (χ3n) is 3.17. The minimum atomic E-state index is -1.41. The summed E-state index contributed by atoms with van der Waals surface area (Å²) in [5, 5.41) is 18.9. The van der Waals surface area contributed by atoms with Gasteiger partial charge in [0.1, 0.15) is 0 Å². The number of hydrogen-bond acceptors (Lipinski definition) is 3. The van der Waals surface area contributed by atoms with Gasteiger partial charge in [-0.3, -0.25) is 0 Å². The van der Waals surface area contributed by atoms with E-state index in [1.807, 2.05) is 29.0 Å². The number of imidazole rings is 1. The zero-order chi connectivity index (χ0) is 11.8. The molecule has 1 aromatic heterocycles. The minimum absolute atomic E-state index is 0.503. The van der Waals surface area contributed by atoms with E-state index < -0.39 is 7.12 Å². The highest BCUT2D eigenvalue weighted by molar-refractivity contribution is 6.59. The van der Waals surface area contributed by atoms with Gasteiger partial charge < -0.3 is 14.6 Å². The normalized spacial score (nSPS) is 14.9. The van der Waals surface area contributed by atoms with Crippen LogP contribution in [0.1, 0.15) is 24.3 Å². The van der Waals surface area contributed by atoms with Crippen molar-refractivity contribution in [3.8, 4) is 5.69 Å². The molecular weight excluding hydrogens is 215 g/mol. The minimum Gasteiger partial charge on any atom is -0.423 e. The second kappa shape index (κ2) is 4.02. The molecule has 1 saturated carbocycles. The maximum Gasteiger partial charge on any atom is 0.488 e. The third-order valence-corrected chi connectivity index (χ3v) is 3.17. The fourth-order valence-electron chi connectivity index (χ4n) is 2.12. The highest BCUT2D eigenvalue weighted by Crippen LogP contribution is 2.39. The lowest BCUT2D eigenvalue weighted by molar-refractivity contribution is 0.425. The van der Waals surface area contributed by atoms with Crippen molar-refractivity contribution in [1.29, 1.82) is 0 Å². The Kier molecular flexibility index (Phi) is 2.50. The van der Waals surface area contributed by atoms with Crippen LogP contribution in [0.15, 0.2) is 36.9 Å². The average molecular weight is 228 g/mol. The van der Waals surface area contributed by atoms with E-state index in [2.05, 4.69) is 4.98 Å². The molecule has 1 aliphatic rings. The van der Waals surface area contributed by atoms with E-state index in [4.69, 9.17) is 0 Å². The Labute approximate surface area is 99.7 Å². The molecule has 3 rings (SSSR count). The fourth-order valence-corrected chi connectivity index (χ4v) is 2.12. The van der Waals surface area contributed by atoms with Crippen LogP contribution in [0.4, 0.5) is 0 Å². The standard InChI is InChI=1S/C12H13BN2O2/c16-13(17)12-7-10(15-6-5-14-8-15)3-4-11(12)9-1-2-9/h3-9,16-17H,1-2H2. The maximum absolute atomic E-state index is 9.43. The van der Waals surface area contributed by atoms with Gasteiger partial charge in [0.05, 0.1) is 6.33 Å². The van der Waals surface area contributed by atoms with E-state index in [0.717, 1.165) is 24.1 Å². The van der Waals surface area contributed by atoms with Gasteiger partial charge in [0.2, 0.25) is 0 Å². The molecule has 17 heavy (non-hydrogen) atoms. The van der Waals surface area contributed by atoms with Gasteiger partial charge in [-0.1, -0.05) is 6.07 Å². The van der Waals surface area contributed by atoms with Crippen molar-refractivity contribution in [2.24, 2.45) is 0 Å². The van der Waals surface area contributed by atoms with Crippen LogP contribution in [0, 0.1) is 0 Å². The van der Waals surface area contributed by atoms with E-state index in [0.29, 0.717) is 11.4 Å². The zero-order valence-electron chi connectivity index (χ0n) is 9.32. The summed E-state index contributed by atoms with van der Waals surface area (Å²) in [5.41, 5.74) is 2.57. The second-order valence-electron chi connectivity index (χ2n) is 4.43. The molecule has 4 nitrogen and oxygen atoms in total. The Morgan fingerprint density at radius 2 is 2.12 bits per heavy atom. The van der Waals surface area contributed by atoms with Gasteiger partial charge in [-0.2, -0.15) is 0 Å². The molecule has 0 spiro atoms. The van der Waals surface area contributed by atoms with Crippen molar-refractivity contribution in [3.63, 3.8) is 0 Å². The largest absolute Gasteiger partial charge is 0.488 e. The van der Waals surface area contributed by atoms with E-state index >= 15 is 0 Å². The highest BCUT2D eigenvalue weighted by Gasteiger charge is 2.29. The van der Waals surface area contributed by atoms with Crippen LogP contribution >= 0.6 is 0 Å². The highest BCUT2D eigenvalue weighted by atomic mass is 16.4. The lowest BCUT2D eigenvalue weighted by Crippen LogP contribution is -2.33. The van der Waals surface area contributed by atoms with Crippen molar-refractivity contribution < 1.29 is 10.0 Å². The molecule has 86 valence electrons. The summed E-state index contributed by atoms with van der Waals surface area (Å²) < 4.78 is 1.85. The summed E-state index contributed by atoms with van der Waals surface area (Å²) in [7, 11) is -1.41. The molecule has 0 aliphatic heterocycles. The Balaban J connectivity index is 2.05. The van der Waals surface area contributed by atoms with Gasteiger partial charge in [-0.25, -0.2) is 4.98 Å². The molecule has 2 N–H and O–H groups in total. The number of rotatable bonds is 3. The van der Waals surface area contributed by atoms with Crippen LogP contribution in [0.2, 0.25) is 0 Å². The molecular formula is C12H13BN2O2. The van der Waals surface area contributed by atoms with E-state index in [1.165, 1.54) is 0 Å². The van der Waals surface area contributed by atoms with Gasteiger partial charge in [0.15, 0.2) is 0 Å². The number of aromatic nitrogens is 2. The zero-order valence-corrected chi connectivity index (χ0v) is 9.32. The Bertz CT molecular complexity index is 521. The van der Waals surface area contributed by atoms with E-state index in [9.17, 15) is 10.0 Å². The topological polar surface area (TPSA) is 58.3 Å². The van der Waals surface area contributed by atoms with Gasteiger partial charge in [-0.05, 0) is 41.9 Å². The number of nitrogens with zero attached hydrogens (tertiary/aromatic N) is 2. The SMILES string of the molecule is OB(O)c1cc(-n2ccnc2)ccc1C1CC1. The first kappa shape index (κ1) is 10.6. The molecule has 0 unspecified atom stereocenters. The Morgan fingerprint density at radius 1 is 1.29 bits per heavy atom. The van der Waals surface area contributed by atoms with Gasteiger partial charge in [-0.15, -0.1) is 0 Å². The van der Waals surface area contributed by atoms with Crippen molar-refractivity contribution in [1.82, 2.24) is 9.55 Å². The molecule has 0 saturated heterocycles. The molecule has 1 heterocycles. The van der Waals surface area contributed by atoms with Crippen LogP contribution in [-0.4, -0.2) is 26.7 Å². The molecule has 1 aliphatic carbocycles. The van der Waals surface area contributed by atoms with Crippen LogP contribution in [0.3, 0.4) is 0 Å². The predicted molar refractivity (Wildman–Crippen MR) is 65.4 cm³/mol. The van der Waals surface area contributed by atoms with Crippen LogP contribution < -0.4 is 5.46 Å². The van der Waals surface area contributed by atoms with Crippen molar-refractivity contribution in [2.75, 3.05) is 0 Å². The van der Waals surface area contributed by atoms with Gasteiger partial charge >= 0.3 is 7.12 Å². The fraction of sp³-hybridized carbons (Fsp3) is 0.250. The summed E-state index contributed by atoms with van der Waals surface area (Å²) >= 11 is 0. The quantitative estimate of drug-likeness (QED) is 0.749. The number of benzene rings is 1. The molecule has 0 bridgehead atoms. The second-order valence-corrected chi connectivity index (χ2v) is 4.43. The van der Waals surface area contributed by atoms with Crippen LogP contribution in [0.25, 0.3) is 5.69 Å². The lowest BCUT2D eigenvalue weighted by atomic mass is 9.75. The van der Waals surface area contributed by atoms with E-state index in [-0.39, 0.29) is 0 Å². The smallest absolute Gasteiger partial charge is 0.423 e. The lowest BCUT2D eigenvalue weighted by Gasteiger charge is -2.11. The van der Waals surface area contributed by atoms with Gasteiger partial charge in [0.25, 0.3) is 0 Å². The summed E-state index contributed by atoms with van der Waals surface area (Å²) in [6.07, 6.45) is 7.51. The average Bonchev–Trinajstić information content (AvgIpc) is 3.03. The number of hydrogen-bond donors (Lipinski definition) is 2. The van der Waals surface area contributed by atoms with Crippen molar-refractivity contribution in [2.45, 2.75) is 18.8 Å². The first-order valence-electron chi connectivity index (χ1n) is 5.74. The first-order chi connectivity index (χ1) is 8.25. The van der Waals surface area contributed by atoms with E-state index in [1.54, 1.807) is 12.5 Å². The summed E-state index contributed by atoms with van der Waals surface area (Å²) in [5.74, 6) is 0.503. The molecule has 1 fully saturated rings. The maximum atomic E-state index is 9.43. The molecule has 5 heteroatoms. The molecule has 0 atom stereocenters. The molecule has 1 aromatic carbocycles. The van der Waals surface area contributed by atoms with Gasteiger partial charge in [0, 0.05) is 18.1 Å². The summed E-state index contributed by atoms with van der Waals surface area (Å²) in [6, 6.07) is 5.79. The summed E-state index contributed by atoms with van der Waals surface area (Å²) in [6.45, 7) is 0. The molecule has 2 aromatic rings.